The van der Waals surface area contributed by atoms with E-state index in [4.69, 9.17) is 16.3 Å². The highest BCUT2D eigenvalue weighted by molar-refractivity contribution is 6.34. The summed E-state index contributed by atoms with van der Waals surface area (Å²) >= 11 is 6.69. The minimum absolute atomic E-state index is 0.0684. The normalized spacial score (nSPS) is 22.4. The van der Waals surface area contributed by atoms with Crippen molar-refractivity contribution in [2.24, 2.45) is 13.0 Å². The molecule has 0 radical (unpaired) electrons. The first-order valence-corrected chi connectivity index (χ1v) is 17.6. The minimum atomic E-state index is -4.33. The van der Waals surface area contributed by atoms with Crippen molar-refractivity contribution in [2.45, 2.75) is 63.1 Å². The molecule has 2 aromatic carbocycles. The van der Waals surface area contributed by atoms with Crippen molar-refractivity contribution in [1.82, 2.24) is 19.3 Å². The SMILES string of the molecule is Cn1cc(C(=O)Nc2ccc(CC(=O)C(OC3CCC(C(=O)O)CC3)(N3CCCC3)N3CCN(CC(F)(F)F)CC3)cc2Cl)c2ccccc21. The summed E-state index contributed by atoms with van der Waals surface area (Å²) in [7, 11) is 1.87. The third-order valence-electron chi connectivity index (χ3n) is 10.2. The number of aromatic nitrogens is 1. The van der Waals surface area contributed by atoms with E-state index in [0.717, 1.165) is 23.7 Å². The Bertz CT molecular complexity index is 1710. The number of para-hydroxylation sites is 1. The molecule has 1 atom stereocenters. The van der Waals surface area contributed by atoms with Crippen molar-refractivity contribution in [3.8, 4) is 0 Å². The number of Topliss-reactive ketones (excluding diaryl/α,β-unsaturated/α-hetero) is 1. The largest absolute Gasteiger partial charge is 0.481 e. The van der Waals surface area contributed by atoms with Gasteiger partial charge in [0.05, 0.1) is 34.8 Å². The van der Waals surface area contributed by atoms with E-state index in [-0.39, 0.29) is 49.3 Å². The maximum Gasteiger partial charge on any atom is 0.401 e. The number of carbonyl (C=O) groups excluding carboxylic acids is 2. The molecule has 6 rings (SSSR count). The summed E-state index contributed by atoms with van der Waals surface area (Å²) in [5.41, 5.74) is 2.40. The fraction of sp³-hybridized carbons (Fsp3) is 0.528. The van der Waals surface area contributed by atoms with Crippen LogP contribution in [0.3, 0.4) is 0 Å². The van der Waals surface area contributed by atoms with Crippen LogP contribution in [0.15, 0.2) is 48.7 Å². The number of carboxylic acid groups (broad SMARTS) is 1. The number of carbonyl (C=O) groups is 3. The number of fused-ring (bicyclic) bond motifs is 1. The zero-order valence-electron chi connectivity index (χ0n) is 28.1. The number of rotatable bonds is 11. The lowest BCUT2D eigenvalue weighted by atomic mass is 9.87. The van der Waals surface area contributed by atoms with E-state index in [1.807, 2.05) is 45.7 Å². The summed E-state index contributed by atoms with van der Waals surface area (Å²) in [6, 6.07) is 12.6. The topological polar surface area (TPSA) is 107 Å². The fourth-order valence-corrected chi connectivity index (χ4v) is 7.94. The Labute approximate surface area is 294 Å². The average molecular weight is 718 g/mol. The molecule has 1 saturated carbocycles. The smallest absolute Gasteiger partial charge is 0.401 e. The van der Waals surface area contributed by atoms with Gasteiger partial charge in [0.1, 0.15) is 0 Å². The van der Waals surface area contributed by atoms with Crippen molar-refractivity contribution in [1.29, 1.82) is 0 Å². The van der Waals surface area contributed by atoms with E-state index >= 15 is 0 Å². The number of halogens is 4. The molecular weight excluding hydrogens is 675 g/mol. The molecule has 2 N–H and O–H groups in total. The maximum absolute atomic E-state index is 14.8. The van der Waals surface area contributed by atoms with Gasteiger partial charge in [0.25, 0.3) is 5.91 Å². The Morgan fingerprint density at radius 1 is 0.940 bits per heavy atom. The van der Waals surface area contributed by atoms with E-state index in [1.54, 1.807) is 24.4 Å². The summed E-state index contributed by atoms with van der Waals surface area (Å²) < 4.78 is 48.5. The van der Waals surface area contributed by atoms with Crippen LogP contribution in [0.25, 0.3) is 10.9 Å². The van der Waals surface area contributed by atoms with Crippen LogP contribution in [-0.4, -0.2) is 106 Å². The second-order valence-corrected chi connectivity index (χ2v) is 14.1. The van der Waals surface area contributed by atoms with Crippen molar-refractivity contribution in [3.05, 3.63) is 64.8 Å². The fourth-order valence-electron chi connectivity index (χ4n) is 7.69. The number of anilines is 1. The molecule has 3 aromatic rings. The second-order valence-electron chi connectivity index (χ2n) is 13.6. The molecular formula is C36H43ClF3N5O5. The van der Waals surface area contributed by atoms with Gasteiger partial charge >= 0.3 is 12.1 Å². The van der Waals surface area contributed by atoms with E-state index in [0.29, 0.717) is 55.6 Å². The zero-order chi connectivity index (χ0) is 35.6. The Hall–Kier alpha value is -3.49. The zero-order valence-corrected chi connectivity index (χ0v) is 28.8. The van der Waals surface area contributed by atoms with Crippen LogP contribution in [0.5, 0.6) is 0 Å². The Morgan fingerprint density at radius 2 is 1.60 bits per heavy atom. The van der Waals surface area contributed by atoms with Gasteiger partial charge in [-0.1, -0.05) is 35.9 Å². The summed E-state index contributed by atoms with van der Waals surface area (Å²) in [4.78, 5) is 44.9. The third kappa shape index (κ3) is 7.86. The molecule has 2 saturated heterocycles. The van der Waals surface area contributed by atoms with Crippen molar-refractivity contribution >= 4 is 45.9 Å². The summed E-state index contributed by atoms with van der Waals surface area (Å²) in [5, 5.41) is 13.5. The standard InChI is InChI=1S/C36H43ClF3N5O5/c1-42-22-28(27-6-2-3-7-31(27)42)33(47)41-30-13-8-24(20-29(30)37)21-32(46)36(44-14-4-5-15-44,50-26-11-9-25(10-12-26)34(48)49)45-18-16-43(17-19-45)23-35(38,39)40/h2-3,6-8,13,20,22,25-26H,4-5,9-12,14-19,21,23H2,1H3,(H,41,47)(H,48,49). The Kier molecular flexibility index (Phi) is 10.9. The molecule has 1 aliphatic carbocycles. The quantitative estimate of drug-likeness (QED) is 0.257. The lowest BCUT2D eigenvalue weighted by molar-refractivity contribution is -0.262. The van der Waals surface area contributed by atoms with Crippen LogP contribution in [0.1, 0.15) is 54.4 Å². The first-order chi connectivity index (χ1) is 23.8. The second kappa shape index (κ2) is 15.0. The molecule has 50 heavy (non-hydrogen) atoms. The summed E-state index contributed by atoms with van der Waals surface area (Å²) in [6.07, 6.45) is 0.426. The number of aliphatic carboxylic acids is 1. The highest BCUT2D eigenvalue weighted by Crippen LogP contribution is 2.37. The average Bonchev–Trinajstić information content (AvgIpc) is 3.74. The maximum atomic E-state index is 14.8. The van der Waals surface area contributed by atoms with Gasteiger partial charge in [-0.2, -0.15) is 13.2 Å². The number of amides is 1. The van der Waals surface area contributed by atoms with Crippen LogP contribution < -0.4 is 5.32 Å². The Morgan fingerprint density at radius 3 is 2.24 bits per heavy atom. The van der Waals surface area contributed by atoms with Crippen LogP contribution in [-0.2, 0) is 27.8 Å². The molecule has 1 aromatic heterocycles. The number of likely N-dealkylation sites (tertiary alicyclic amines) is 1. The van der Waals surface area contributed by atoms with Crippen LogP contribution in [0.4, 0.5) is 18.9 Å². The van der Waals surface area contributed by atoms with Gasteiger partial charge in [0.15, 0.2) is 5.78 Å². The van der Waals surface area contributed by atoms with Gasteiger partial charge < -0.3 is 19.7 Å². The van der Waals surface area contributed by atoms with Gasteiger partial charge in [-0.05, 0) is 62.3 Å². The molecule has 14 heteroatoms. The number of alkyl halides is 3. The molecule has 0 bridgehead atoms. The molecule has 2 aliphatic heterocycles. The highest BCUT2D eigenvalue weighted by Gasteiger charge is 2.53. The predicted molar refractivity (Wildman–Crippen MR) is 183 cm³/mol. The number of carboxylic acids is 1. The number of ether oxygens (including phenoxy) is 1. The van der Waals surface area contributed by atoms with E-state index in [2.05, 4.69) is 5.32 Å². The number of ketones is 1. The third-order valence-corrected chi connectivity index (χ3v) is 10.6. The van der Waals surface area contributed by atoms with Crippen molar-refractivity contribution in [2.75, 3.05) is 51.1 Å². The first-order valence-electron chi connectivity index (χ1n) is 17.2. The molecule has 10 nitrogen and oxygen atoms in total. The highest BCUT2D eigenvalue weighted by atomic mass is 35.5. The molecule has 0 spiro atoms. The van der Waals surface area contributed by atoms with Gasteiger partial charge in [0, 0.05) is 69.8 Å². The van der Waals surface area contributed by atoms with E-state index in [9.17, 15) is 32.7 Å². The minimum Gasteiger partial charge on any atom is -0.481 e. The van der Waals surface area contributed by atoms with Gasteiger partial charge in [-0.15, -0.1) is 0 Å². The lowest BCUT2D eigenvalue weighted by Gasteiger charge is -2.52. The van der Waals surface area contributed by atoms with Crippen LogP contribution in [0, 0.1) is 5.92 Å². The number of aryl methyl sites for hydroxylation is 1. The van der Waals surface area contributed by atoms with E-state index in [1.165, 1.54) is 4.90 Å². The number of benzene rings is 2. The molecule has 3 fully saturated rings. The van der Waals surface area contributed by atoms with Crippen molar-refractivity contribution < 1.29 is 37.4 Å². The molecule has 3 aliphatic rings. The number of hydrogen-bond acceptors (Lipinski definition) is 7. The Balaban J connectivity index is 1.24. The first kappa shape index (κ1) is 36.3. The molecule has 3 heterocycles. The van der Waals surface area contributed by atoms with Gasteiger partial charge in [-0.3, -0.25) is 29.1 Å². The molecule has 1 amide bonds. The number of hydrogen-bond donors (Lipinski definition) is 2. The van der Waals surface area contributed by atoms with Crippen LogP contribution in [0.2, 0.25) is 5.02 Å². The van der Waals surface area contributed by atoms with Crippen LogP contribution >= 0.6 is 11.6 Å². The molecule has 270 valence electrons. The number of nitrogens with one attached hydrogen (secondary N) is 1. The van der Waals surface area contributed by atoms with Gasteiger partial charge in [-0.25, -0.2) is 0 Å². The lowest BCUT2D eigenvalue weighted by Crippen LogP contribution is -2.71. The number of piperazine rings is 1. The van der Waals surface area contributed by atoms with E-state index < -0.39 is 36.6 Å². The number of nitrogens with zero attached hydrogens (tertiary/aromatic N) is 4. The molecule has 1 unspecified atom stereocenters. The van der Waals surface area contributed by atoms with Crippen molar-refractivity contribution in [3.63, 3.8) is 0 Å². The summed E-state index contributed by atoms with van der Waals surface area (Å²) in [6.45, 7) is 0.777. The summed E-state index contributed by atoms with van der Waals surface area (Å²) in [5.74, 6) is -3.43. The van der Waals surface area contributed by atoms with Gasteiger partial charge in [0.2, 0.25) is 5.85 Å². The monoisotopic (exact) mass is 717 g/mol. The predicted octanol–water partition coefficient (Wildman–Crippen LogP) is 5.79.